The van der Waals surface area contributed by atoms with Gasteiger partial charge in [-0.15, -0.1) is 0 Å². The minimum atomic E-state index is -4.42. The molecule has 0 spiro atoms. The molecule has 1 aliphatic heterocycles. The number of benzene rings is 2. The van der Waals surface area contributed by atoms with Gasteiger partial charge in [0.05, 0.1) is 25.8 Å². The second kappa shape index (κ2) is 8.76. The van der Waals surface area contributed by atoms with Gasteiger partial charge in [0.25, 0.3) is 5.89 Å². The molecule has 174 valence electrons. The molecule has 2 atom stereocenters. The van der Waals surface area contributed by atoms with Gasteiger partial charge in [-0.2, -0.15) is 18.2 Å². The van der Waals surface area contributed by atoms with Crippen LogP contribution < -0.4 is 9.47 Å². The normalized spacial score (nSPS) is 17.3. The first-order valence-corrected chi connectivity index (χ1v) is 10.2. The summed E-state index contributed by atoms with van der Waals surface area (Å²) in [4.78, 5) is 18.8. The summed E-state index contributed by atoms with van der Waals surface area (Å²) in [5, 5.41) is 3.97. The number of carbonyl (C=O) groups is 1. The van der Waals surface area contributed by atoms with Gasteiger partial charge in [-0.1, -0.05) is 11.2 Å². The van der Waals surface area contributed by atoms with Crippen LogP contribution in [0.3, 0.4) is 0 Å². The molecule has 1 fully saturated rings. The summed E-state index contributed by atoms with van der Waals surface area (Å²) < 4.78 is 54.2. The van der Waals surface area contributed by atoms with Crippen molar-refractivity contribution < 1.29 is 32.0 Å². The number of hydrogen-bond acceptors (Lipinski definition) is 6. The Kier molecular flexibility index (Phi) is 6.01. The molecule has 2 aromatic carbocycles. The summed E-state index contributed by atoms with van der Waals surface area (Å²) in [5.41, 5.74) is 0.508. The van der Waals surface area contributed by atoms with E-state index in [1.807, 2.05) is 19.1 Å². The molecule has 0 N–H and O–H groups in total. The van der Waals surface area contributed by atoms with Crippen LogP contribution in [0.25, 0.3) is 11.5 Å². The maximum atomic E-state index is 12.8. The SMILES string of the molecule is COc1ccc(C(C)N2CC(c3noc(-c4ccc(C(F)(F)F)cc4)n3)CC2=O)cc1OC. The number of likely N-dealkylation sites (tertiary alicyclic amines) is 1. The molecule has 0 aliphatic carbocycles. The highest BCUT2D eigenvalue weighted by Gasteiger charge is 2.37. The lowest BCUT2D eigenvalue weighted by Crippen LogP contribution is -2.28. The van der Waals surface area contributed by atoms with Gasteiger partial charge in [0, 0.05) is 24.4 Å². The zero-order chi connectivity index (χ0) is 23.8. The third kappa shape index (κ3) is 4.50. The first kappa shape index (κ1) is 22.6. The lowest BCUT2D eigenvalue weighted by Gasteiger charge is -2.25. The molecule has 0 radical (unpaired) electrons. The Bertz CT molecular complexity index is 1140. The second-order valence-corrected chi connectivity index (χ2v) is 7.77. The molecule has 3 aromatic rings. The maximum Gasteiger partial charge on any atom is 0.416 e. The van der Waals surface area contributed by atoms with Gasteiger partial charge < -0.3 is 18.9 Å². The third-order valence-corrected chi connectivity index (χ3v) is 5.78. The quantitative estimate of drug-likeness (QED) is 0.522. The number of hydrogen-bond donors (Lipinski definition) is 0. The van der Waals surface area contributed by atoms with Gasteiger partial charge in [0.2, 0.25) is 5.91 Å². The van der Waals surface area contributed by atoms with Crippen molar-refractivity contribution in [2.75, 3.05) is 20.8 Å². The van der Waals surface area contributed by atoms with Crippen molar-refractivity contribution in [1.82, 2.24) is 15.0 Å². The lowest BCUT2D eigenvalue weighted by molar-refractivity contribution is -0.137. The van der Waals surface area contributed by atoms with E-state index < -0.39 is 11.7 Å². The summed E-state index contributed by atoms with van der Waals surface area (Å²) in [7, 11) is 3.10. The maximum absolute atomic E-state index is 12.8. The smallest absolute Gasteiger partial charge is 0.416 e. The van der Waals surface area contributed by atoms with E-state index in [1.54, 1.807) is 25.2 Å². The van der Waals surface area contributed by atoms with E-state index in [1.165, 1.54) is 12.1 Å². The molecule has 2 heterocycles. The summed E-state index contributed by atoms with van der Waals surface area (Å²) in [6, 6.07) is 9.78. The molecule has 1 saturated heterocycles. The Hall–Kier alpha value is -3.56. The fourth-order valence-electron chi connectivity index (χ4n) is 3.89. The summed E-state index contributed by atoms with van der Waals surface area (Å²) in [5.74, 6) is 1.29. The van der Waals surface area contributed by atoms with Gasteiger partial charge in [-0.25, -0.2) is 0 Å². The first-order valence-electron chi connectivity index (χ1n) is 10.2. The van der Waals surface area contributed by atoms with Gasteiger partial charge >= 0.3 is 6.18 Å². The third-order valence-electron chi connectivity index (χ3n) is 5.78. The monoisotopic (exact) mass is 461 g/mol. The van der Waals surface area contributed by atoms with Gasteiger partial charge in [-0.05, 0) is 48.9 Å². The van der Waals surface area contributed by atoms with Crippen molar-refractivity contribution in [3.63, 3.8) is 0 Å². The number of rotatable bonds is 6. The highest BCUT2D eigenvalue weighted by Crippen LogP contribution is 2.37. The predicted molar refractivity (Wildman–Crippen MR) is 112 cm³/mol. The predicted octanol–water partition coefficient (Wildman–Crippen LogP) is 4.85. The van der Waals surface area contributed by atoms with Gasteiger partial charge in [0.15, 0.2) is 17.3 Å². The van der Waals surface area contributed by atoms with Crippen molar-refractivity contribution in [1.29, 1.82) is 0 Å². The Labute approximate surface area is 188 Å². The number of nitrogens with zero attached hydrogens (tertiary/aromatic N) is 3. The molecule has 1 aliphatic rings. The van der Waals surface area contributed by atoms with Crippen LogP contribution in [-0.4, -0.2) is 41.7 Å². The van der Waals surface area contributed by atoms with Crippen LogP contribution in [0.4, 0.5) is 13.2 Å². The van der Waals surface area contributed by atoms with Crippen molar-refractivity contribution in [2.24, 2.45) is 0 Å². The molecule has 10 heteroatoms. The number of ether oxygens (including phenoxy) is 2. The van der Waals surface area contributed by atoms with Crippen LogP contribution in [0.2, 0.25) is 0 Å². The van der Waals surface area contributed by atoms with Crippen LogP contribution in [-0.2, 0) is 11.0 Å². The summed E-state index contributed by atoms with van der Waals surface area (Å²) in [6.07, 6.45) is -4.21. The van der Waals surface area contributed by atoms with E-state index in [9.17, 15) is 18.0 Å². The topological polar surface area (TPSA) is 77.7 Å². The van der Waals surface area contributed by atoms with Crippen molar-refractivity contribution >= 4 is 5.91 Å². The van der Waals surface area contributed by atoms with E-state index in [0.29, 0.717) is 29.4 Å². The molecule has 0 bridgehead atoms. The van der Waals surface area contributed by atoms with E-state index in [4.69, 9.17) is 14.0 Å². The van der Waals surface area contributed by atoms with E-state index >= 15 is 0 Å². The Balaban J connectivity index is 1.49. The first-order chi connectivity index (χ1) is 15.7. The minimum Gasteiger partial charge on any atom is -0.493 e. The summed E-state index contributed by atoms with van der Waals surface area (Å²) >= 11 is 0. The molecular formula is C23H22F3N3O4. The van der Waals surface area contributed by atoms with Crippen LogP contribution in [0.1, 0.15) is 42.3 Å². The van der Waals surface area contributed by atoms with Crippen LogP contribution in [0.15, 0.2) is 47.0 Å². The molecule has 1 aromatic heterocycles. The van der Waals surface area contributed by atoms with E-state index in [0.717, 1.165) is 17.7 Å². The number of methoxy groups -OCH3 is 2. The van der Waals surface area contributed by atoms with Crippen molar-refractivity contribution in [2.45, 2.75) is 31.5 Å². The largest absolute Gasteiger partial charge is 0.493 e. The zero-order valence-corrected chi connectivity index (χ0v) is 18.2. The number of carbonyl (C=O) groups excluding carboxylic acids is 1. The van der Waals surface area contributed by atoms with Crippen molar-refractivity contribution in [3.05, 3.63) is 59.4 Å². The Morgan fingerprint density at radius 2 is 1.79 bits per heavy atom. The number of halogens is 3. The highest BCUT2D eigenvalue weighted by atomic mass is 19.4. The van der Waals surface area contributed by atoms with E-state index in [-0.39, 0.29) is 30.2 Å². The molecule has 0 saturated carbocycles. The standard InChI is InChI=1S/C23H22F3N3O4/c1-13(15-6-9-18(31-2)19(10-15)32-3)29-12-16(11-20(29)30)21-27-22(33-28-21)14-4-7-17(8-5-14)23(24,25)26/h4-10,13,16H,11-12H2,1-3H3. The van der Waals surface area contributed by atoms with Crippen LogP contribution >= 0.6 is 0 Å². The number of aromatic nitrogens is 2. The Morgan fingerprint density at radius 1 is 1.09 bits per heavy atom. The highest BCUT2D eigenvalue weighted by molar-refractivity contribution is 5.80. The fourth-order valence-corrected chi connectivity index (χ4v) is 3.89. The number of alkyl halides is 3. The minimum absolute atomic E-state index is 0.0526. The van der Waals surface area contributed by atoms with E-state index in [2.05, 4.69) is 10.1 Å². The molecule has 7 nitrogen and oxygen atoms in total. The second-order valence-electron chi connectivity index (χ2n) is 7.77. The molecule has 33 heavy (non-hydrogen) atoms. The fraction of sp³-hybridized carbons (Fsp3) is 0.348. The number of amides is 1. The molecule has 2 unspecified atom stereocenters. The van der Waals surface area contributed by atoms with Crippen LogP contribution in [0.5, 0.6) is 11.5 Å². The zero-order valence-electron chi connectivity index (χ0n) is 18.2. The average molecular weight is 461 g/mol. The molecular weight excluding hydrogens is 439 g/mol. The van der Waals surface area contributed by atoms with Crippen molar-refractivity contribution in [3.8, 4) is 23.0 Å². The van der Waals surface area contributed by atoms with Crippen LogP contribution in [0, 0.1) is 0 Å². The van der Waals surface area contributed by atoms with Gasteiger partial charge in [0.1, 0.15) is 0 Å². The average Bonchev–Trinajstić information content (AvgIpc) is 3.44. The summed E-state index contributed by atoms with van der Waals surface area (Å²) in [6.45, 7) is 2.31. The lowest BCUT2D eigenvalue weighted by atomic mass is 10.1. The molecule has 4 rings (SSSR count). The van der Waals surface area contributed by atoms with Gasteiger partial charge in [-0.3, -0.25) is 4.79 Å². The molecule has 1 amide bonds. The Morgan fingerprint density at radius 3 is 2.42 bits per heavy atom.